The van der Waals surface area contributed by atoms with Crippen LogP contribution in [0, 0.1) is 5.92 Å². The van der Waals surface area contributed by atoms with Crippen molar-refractivity contribution < 1.29 is 9.59 Å². The molecule has 1 saturated heterocycles. The number of anilines is 1. The number of rotatable bonds is 4. The number of benzene rings is 1. The number of para-hydroxylation sites is 1. The second-order valence-corrected chi connectivity index (χ2v) is 7.49. The average Bonchev–Trinajstić information content (AvgIpc) is 2.65. The average molecular weight is 358 g/mol. The molecule has 1 heterocycles. The highest BCUT2D eigenvalue weighted by Crippen LogP contribution is 2.23. The summed E-state index contributed by atoms with van der Waals surface area (Å²) < 4.78 is 0. The molecule has 26 heavy (non-hydrogen) atoms. The fraction of sp³-hybridized carbons (Fsp3) is 0.600. The summed E-state index contributed by atoms with van der Waals surface area (Å²) in [5.74, 6) is 0.259. The molecule has 2 N–H and O–H groups in total. The Morgan fingerprint density at radius 2 is 1.73 bits per heavy atom. The molecule has 1 aliphatic heterocycles. The SMILES string of the molecule is C[C@@H]1CCCC[C@H]1NC(=O)NC(=O)CN1CCN(c2ccccc2)CC1. The number of imide groups is 1. The van der Waals surface area contributed by atoms with E-state index in [0.29, 0.717) is 5.92 Å². The van der Waals surface area contributed by atoms with Gasteiger partial charge in [0.15, 0.2) is 0 Å². The summed E-state index contributed by atoms with van der Waals surface area (Å²) >= 11 is 0. The molecule has 2 fully saturated rings. The molecule has 0 aromatic heterocycles. The van der Waals surface area contributed by atoms with Crippen LogP contribution in [0.3, 0.4) is 0 Å². The van der Waals surface area contributed by atoms with Crippen molar-refractivity contribution in [3.8, 4) is 0 Å². The largest absolute Gasteiger partial charge is 0.369 e. The van der Waals surface area contributed by atoms with Gasteiger partial charge in [0.2, 0.25) is 5.91 Å². The lowest BCUT2D eigenvalue weighted by atomic mass is 9.86. The third-order valence-corrected chi connectivity index (χ3v) is 5.54. The first-order chi connectivity index (χ1) is 12.6. The fourth-order valence-corrected chi connectivity index (χ4v) is 3.91. The van der Waals surface area contributed by atoms with Crippen LogP contribution >= 0.6 is 0 Å². The molecule has 2 aliphatic rings. The van der Waals surface area contributed by atoms with Crippen molar-refractivity contribution in [3.05, 3.63) is 30.3 Å². The van der Waals surface area contributed by atoms with Crippen LogP contribution in [-0.2, 0) is 4.79 Å². The maximum absolute atomic E-state index is 12.2. The Bertz CT molecular complexity index is 599. The molecule has 2 atom stereocenters. The number of carbonyl (C=O) groups excluding carboxylic acids is 2. The molecule has 1 aliphatic carbocycles. The van der Waals surface area contributed by atoms with Crippen LogP contribution in [-0.4, -0.2) is 55.6 Å². The van der Waals surface area contributed by atoms with Crippen LogP contribution in [0.4, 0.5) is 10.5 Å². The minimum Gasteiger partial charge on any atom is -0.369 e. The van der Waals surface area contributed by atoms with E-state index in [-0.39, 0.29) is 24.5 Å². The van der Waals surface area contributed by atoms with Gasteiger partial charge < -0.3 is 10.2 Å². The quantitative estimate of drug-likeness (QED) is 0.866. The second-order valence-electron chi connectivity index (χ2n) is 7.49. The lowest BCUT2D eigenvalue weighted by Crippen LogP contribution is -2.52. The predicted octanol–water partition coefficient (Wildman–Crippen LogP) is 2.21. The lowest BCUT2D eigenvalue weighted by molar-refractivity contribution is -0.121. The van der Waals surface area contributed by atoms with Gasteiger partial charge in [0.1, 0.15) is 0 Å². The summed E-state index contributed by atoms with van der Waals surface area (Å²) in [4.78, 5) is 28.7. The van der Waals surface area contributed by atoms with Crippen LogP contribution in [0.1, 0.15) is 32.6 Å². The van der Waals surface area contributed by atoms with Gasteiger partial charge in [-0.25, -0.2) is 4.79 Å². The summed E-state index contributed by atoms with van der Waals surface area (Å²) in [5.41, 5.74) is 1.22. The zero-order valence-electron chi connectivity index (χ0n) is 15.6. The molecule has 0 spiro atoms. The summed E-state index contributed by atoms with van der Waals surface area (Å²) in [6.07, 6.45) is 4.53. The fourth-order valence-electron chi connectivity index (χ4n) is 3.91. The van der Waals surface area contributed by atoms with Crippen molar-refractivity contribution in [1.29, 1.82) is 0 Å². The van der Waals surface area contributed by atoms with E-state index < -0.39 is 0 Å². The second kappa shape index (κ2) is 9.03. The monoisotopic (exact) mass is 358 g/mol. The topological polar surface area (TPSA) is 64.7 Å². The molecule has 3 amide bonds. The third-order valence-electron chi connectivity index (χ3n) is 5.54. The molecule has 0 unspecified atom stereocenters. The van der Waals surface area contributed by atoms with Crippen LogP contribution in [0.25, 0.3) is 0 Å². The van der Waals surface area contributed by atoms with Crippen molar-refractivity contribution in [3.63, 3.8) is 0 Å². The zero-order valence-corrected chi connectivity index (χ0v) is 15.6. The minimum atomic E-state index is -0.350. The van der Waals surface area contributed by atoms with E-state index in [2.05, 4.69) is 39.5 Å². The van der Waals surface area contributed by atoms with E-state index in [4.69, 9.17) is 0 Å². The van der Waals surface area contributed by atoms with E-state index >= 15 is 0 Å². The van der Waals surface area contributed by atoms with Gasteiger partial charge in [0.25, 0.3) is 0 Å². The standard InChI is InChI=1S/C20H30N4O2/c1-16-7-5-6-10-18(16)21-20(26)22-19(25)15-23-11-13-24(14-12-23)17-8-3-2-4-9-17/h2-4,8-9,16,18H,5-7,10-15H2,1H3,(H2,21,22,25,26)/t16-,18-/m1/s1. The van der Waals surface area contributed by atoms with E-state index in [1.54, 1.807) is 0 Å². The minimum absolute atomic E-state index is 0.186. The zero-order chi connectivity index (χ0) is 18.4. The first kappa shape index (κ1) is 18.7. The number of amides is 3. The first-order valence-corrected chi connectivity index (χ1v) is 9.74. The van der Waals surface area contributed by atoms with Crippen molar-refractivity contribution in [2.24, 2.45) is 5.92 Å². The van der Waals surface area contributed by atoms with Crippen molar-refractivity contribution in [2.75, 3.05) is 37.6 Å². The van der Waals surface area contributed by atoms with Crippen LogP contribution in [0.15, 0.2) is 30.3 Å². The van der Waals surface area contributed by atoms with E-state index in [1.165, 1.54) is 12.1 Å². The molecule has 3 rings (SSSR count). The molecular formula is C20H30N4O2. The summed E-state index contributed by atoms with van der Waals surface area (Å²) in [6, 6.07) is 10.2. The van der Waals surface area contributed by atoms with Crippen molar-refractivity contribution in [1.82, 2.24) is 15.5 Å². The Hall–Kier alpha value is -2.08. The van der Waals surface area contributed by atoms with E-state index in [1.807, 2.05) is 18.2 Å². The first-order valence-electron chi connectivity index (χ1n) is 9.74. The number of urea groups is 1. The Morgan fingerprint density at radius 3 is 2.42 bits per heavy atom. The van der Waals surface area contributed by atoms with Crippen LogP contribution in [0.2, 0.25) is 0 Å². The molecular weight excluding hydrogens is 328 g/mol. The molecule has 1 aromatic rings. The highest BCUT2D eigenvalue weighted by Gasteiger charge is 2.24. The van der Waals surface area contributed by atoms with Gasteiger partial charge in [0.05, 0.1) is 6.54 Å². The Kier molecular flexibility index (Phi) is 6.50. The molecule has 0 bridgehead atoms. The predicted molar refractivity (Wildman–Crippen MR) is 103 cm³/mol. The van der Waals surface area contributed by atoms with E-state index in [9.17, 15) is 9.59 Å². The van der Waals surface area contributed by atoms with Gasteiger partial charge in [-0.3, -0.25) is 15.0 Å². The third kappa shape index (κ3) is 5.21. The van der Waals surface area contributed by atoms with Crippen LogP contribution in [0.5, 0.6) is 0 Å². The molecule has 6 heteroatoms. The van der Waals surface area contributed by atoms with Gasteiger partial charge in [-0.05, 0) is 30.9 Å². The summed E-state index contributed by atoms with van der Waals surface area (Å²) in [5, 5.41) is 5.46. The van der Waals surface area contributed by atoms with E-state index in [0.717, 1.165) is 45.4 Å². The molecule has 0 radical (unpaired) electrons. The molecule has 6 nitrogen and oxygen atoms in total. The number of hydrogen-bond acceptors (Lipinski definition) is 4. The number of nitrogens with zero attached hydrogens (tertiary/aromatic N) is 2. The Balaban J connectivity index is 1.38. The Morgan fingerprint density at radius 1 is 1.04 bits per heavy atom. The van der Waals surface area contributed by atoms with Gasteiger partial charge >= 0.3 is 6.03 Å². The lowest BCUT2D eigenvalue weighted by Gasteiger charge is -2.35. The molecule has 142 valence electrons. The van der Waals surface area contributed by atoms with Crippen molar-refractivity contribution >= 4 is 17.6 Å². The Labute approximate surface area is 155 Å². The molecule has 1 saturated carbocycles. The number of piperazine rings is 1. The highest BCUT2D eigenvalue weighted by molar-refractivity contribution is 5.95. The van der Waals surface area contributed by atoms with Gasteiger partial charge in [0, 0.05) is 37.9 Å². The van der Waals surface area contributed by atoms with Gasteiger partial charge in [-0.15, -0.1) is 0 Å². The number of nitrogens with one attached hydrogen (secondary N) is 2. The van der Waals surface area contributed by atoms with Crippen molar-refractivity contribution in [2.45, 2.75) is 38.6 Å². The highest BCUT2D eigenvalue weighted by atomic mass is 16.2. The summed E-state index contributed by atoms with van der Waals surface area (Å²) in [6.45, 7) is 5.87. The normalized spacial score (nSPS) is 24.1. The maximum Gasteiger partial charge on any atom is 0.321 e. The van der Waals surface area contributed by atoms with Gasteiger partial charge in [-0.1, -0.05) is 38.0 Å². The summed E-state index contributed by atoms with van der Waals surface area (Å²) in [7, 11) is 0. The van der Waals surface area contributed by atoms with Gasteiger partial charge in [-0.2, -0.15) is 0 Å². The smallest absolute Gasteiger partial charge is 0.321 e. The molecule has 1 aromatic carbocycles. The maximum atomic E-state index is 12.2. The number of carbonyl (C=O) groups is 2. The van der Waals surface area contributed by atoms with Crippen LogP contribution < -0.4 is 15.5 Å². The number of hydrogen-bond donors (Lipinski definition) is 2.